The van der Waals surface area contributed by atoms with Crippen molar-refractivity contribution in [2.75, 3.05) is 45.7 Å². The number of hydrogen-bond acceptors (Lipinski definition) is 3. The van der Waals surface area contributed by atoms with E-state index in [1.165, 1.54) is 11.3 Å². The third-order valence-corrected chi connectivity index (χ3v) is 3.44. The van der Waals surface area contributed by atoms with Gasteiger partial charge in [0.1, 0.15) is 0 Å². The zero-order valence-electron chi connectivity index (χ0n) is 13.4. The number of nitrogens with zero attached hydrogens (tertiary/aromatic N) is 2. The summed E-state index contributed by atoms with van der Waals surface area (Å²) >= 11 is 6.15. The molecule has 0 atom stereocenters. The molecule has 0 saturated heterocycles. The average Bonchev–Trinajstić information content (AvgIpc) is 2.37. The molecule has 114 valence electrons. The highest BCUT2D eigenvalue weighted by Gasteiger charge is 2.09. The van der Waals surface area contributed by atoms with E-state index in [0.29, 0.717) is 5.92 Å². The first kappa shape index (κ1) is 17.3. The maximum Gasteiger partial charge on any atom is 0.0426 e. The Morgan fingerprint density at radius 2 is 1.85 bits per heavy atom. The van der Waals surface area contributed by atoms with Crippen LogP contribution in [-0.2, 0) is 6.54 Å². The van der Waals surface area contributed by atoms with Crippen LogP contribution in [0.15, 0.2) is 18.2 Å². The van der Waals surface area contributed by atoms with E-state index in [9.17, 15) is 0 Å². The van der Waals surface area contributed by atoms with Crippen molar-refractivity contribution in [1.82, 2.24) is 10.2 Å². The van der Waals surface area contributed by atoms with E-state index in [4.69, 9.17) is 11.6 Å². The lowest BCUT2D eigenvalue weighted by Gasteiger charge is -2.24. The van der Waals surface area contributed by atoms with Gasteiger partial charge in [-0.3, -0.25) is 0 Å². The van der Waals surface area contributed by atoms with Crippen LogP contribution in [0.25, 0.3) is 0 Å². The summed E-state index contributed by atoms with van der Waals surface area (Å²) in [6.45, 7) is 8.38. The molecule has 1 rings (SSSR count). The van der Waals surface area contributed by atoms with Crippen LogP contribution in [-0.4, -0.2) is 45.7 Å². The third-order valence-electron chi connectivity index (χ3n) is 3.21. The van der Waals surface area contributed by atoms with Crippen LogP contribution in [0, 0.1) is 5.92 Å². The molecular formula is C16H28ClN3. The second-order valence-electron chi connectivity index (χ2n) is 6.02. The summed E-state index contributed by atoms with van der Waals surface area (Å²) in [5.74, 6) is 0.664. The van der Waals surface area contributed by atoms with E-state index in [-0.39, 0.29) is 0 Å². The Kier molecular flexibility index (Phi) is 7.35. The molecule has 1 aromatic rings. The first-order chi connectivity index (χ1) is 9.40. The fraction of sp³-hybridized carbons (Fsp3) is 0.625. The molecule has 0 aliphatic carbocycles. The van der Waals surface area contributed by atoms with Crippen molar-refractivity contribution in [3.05, 3.63) is 28.8 Å². The Bertz CT molecular complexity index is 405. The highest BCUT2D eigenvalue weighted by molar-refractivity contribution is 6.30. The molecule has 20 heavy (non-hydrogen) atoms. The number of nitrogens with one attached hydrogen (secondary N) is 1. The summed E-state index contributed by atoms with van der Waals surface area (Å²) in [6.07, 6.45) is 0. The lowest BCUT2D eigenvalue weighted by Crippen LogP contribution is -2.29. The lowest BCUT2D eigenvalue weighted by molar-refractivity contribution is 0.416. The van der Waals surface area contributed by atoms with Crippen molar-refractivity contribution < 1.29 is 0 Å². The quantitative estimate of drug-likeness (QED) is 0.795. The zero-order valence-corrected chi connectivity index (χ0v) is 14.2. The van der Waals surface area contributed by atoms with Gasteiger partial charge < -0.3 is 15.1 Å². The minimum absolute atomic E-state index is 0.664. The summed E-state index contributed by atoms with van der Waals surface area (Å²) in [6, 6.07) is 6.15. The molecule has 0 radical (unpaired) electrons. The maximum absolute atomic E-state index is 6.15. The van der Waals surface area contributed by atoms with Gasteiger partial charge in [0.15, 0.2) is 0 Å². The topological polar surface area (TPSA) is 18.5 Å². The molecule has 0 bridgehead atoms. The maximum atomic E-state index is 6.15. The first-order valence-corrected chi connectivity index (χ1v) is 7.63. The van der Waals surface area contributed by atoms with Crippen molar-refractivity contribution in [3.8, 4) is 0 Å². The van der Waals surface area contributed by atoms with Crippen molar-refractivity contribution >= 4 is 17.3 Å². The lowest BCUT2D eigenvalue weighted by atomic mass is 10.1. The molecule has 0 unspecified atom stereocenters. The van der Waals surface area contributed by atoms with Crippen molar-refractivity contribution in [3.63, 3.8) is 0 Å². The second kappa shape index (κ2) is 8.50. The molecule has 3 nitrogen and oxygen atoms in total. The number of hydrogen-bond donors (Lipinski definition) is 1. The summed E-state index contributed by atoms with van der Waals surface area (Å²) < 4.78 is 0. The minimum Gasteiger partial charge on any atom is -0.373 e. The Labute approximate surface area is 128 Å². The molecule has 0 spiro atoms. The molecule has 0 aliphatic rings. The highest BCUT2D eigenvalue weighted by Crippen LogP contribution is 2.24. The number of likely N-dealkylation sites (N-methyl/N-ethyl adjacent to an activating group) is 2. The molecule has 0 saturated carbocycles. The molecule has 1 aromatic carbocycles. The SMILES string of the molecule is CC(C)CNCc1ccc(Cl)cc1N(C)CCN(C)C. The average molecular weight is 298 g/mol. The summed E-state index contributed by atoms with van der Waals surface area (Å²) in [4.78, 5) is 4.47. The van der Waals surface area contributed by atoms with Crippen LogP contribution in [0.5, 0.6) is 0 Å². The van der Waals surface area contributed by atoms with E-state index < -0.39 is 0 Å². The van der Waals surface area contributed by atoms with E-state index >= 15 is 0 Å². The normalized spacial score (nSPS) is 11.4. The molecule has 0 amide bonds. The van der Waals surface area contributed by atoms with E-state index in [0.717, 1.165) is 31.2 Å². The Morgan fingerprint density at radius 3 is 2.45 bits per heavy atom. The largest absolute Gasteiger partial charge is 0.373 e. The van der Waals surface area contributed by atoms with Gasteiger partial charge in [-0.2, -0.15) is 0 Å². The van der Waals surface area contributed by atoms with Crippen LogP contribution in [0.3, 0.4) is 0 Å². The Balaban J connectivity index is 2.73. The van der Waals surface area contributed by atoms with Gasteiger partial charge in [-0.15, -0.1) is 0 Å². The van der Waals surface area contributed by atoms with E-state index in [1.807, 2.05) is 6.07 Å². The standard InChI is InChI=1S/C16H28ClN3/c1-13(2)11-18-12-14-6-7-15(17)10-16(14)20(5)9-8-19(3)4/h6-7,10,13,18H,8-9,11-12H2,1-5H3. The monoisotopic (exact) mass is 297 g/mol. The molecule has 0 heterocycles. The van der Waals surface area contributed by atoms with Gasteiger partial charge in [-0.05, 0) is 44.3 Å². The summed E-state index contributed by atoms with van der Waals surface area (Å²) in [5, 5.41) is 4.30. The molecule has 1 N–H and O–H groups in total. The van der Waals surface area contributed by atoms with Crippen molar-refractivity contribution in [2.24, 2.45) is 5.92 Å². The van der Waals surface area contributed by atoms with Gasteiger partial charge in [0.25, 0.3) is 0 Å². The van der Waals surface area contributed by atoms with Crippen LogP contribution in [0.4, 0.5) is 5.69 Å². The smallest absolute Gasteiger partial charge is 0.0426 e. The fourth-order valence-corrected chi connectivity index (χ4v) is 2.17. The summed E-state index contributed by atoms with van der Waals surface area (Å²) in [5.41, 5.74) is 2.52. The van der Waals surface area contributed by atoms with E-state index in [2.05, 4.69) is 62.2 Å². The number of halogens is 1. The number of anilines is 1. The second-order valence-corrected chi connectivity index (χ2v) is 6.46. The van der Waals surface area contributed by atoms with Gasteiger partial charge in [-0.1, -0.05) is 31.5 Å². The minimum atomic E-state index is 0.664. The van der Waals surface area contributed by atoms with Crippen LogP contribution in [0.2, 0.25) is 5.02 Å². The summed E-state index contributed by atoms with van der Waals surface area (Å²) in [7, 11) is 6.31. The van der Waals surface area contributed by atoms with Crippen LogP contribution in [0.1, 0.15) is 19.4 Å². The predicted molar refractivity (Wildman–Crippen MR) is 89.8 cm³/mol. The molecule has 0 aromatic heterocycles. The van der Waals surface area contributed by atoms with Gasteiger partial charge >= 0.3 is 0 Å². The number of benzene rings is 1. The van der Waals surface area contributed by atoms with E-state index in [1.54, 1.807) is 0 Å². The van der Waals surface area contributed by atoms with Crippen LogP contribution >= 0.6 is 11.6 Å². The van der Waals surface area contributed by atoms with Gasteiger partial charge in [-0.25, -0.2) is 0 Å². The fourth-order valence-electron chi connectivity index (χ4n) is 2.01. The van der Waals surface area contributed by atoms with Crippen LogP contribution < -0.4 is 10.2 Å². The Hall–Kier alpha value is -0.770. The third kappa shape index (κ3) is 6.12. The predicted octanol–water partition coefficient (Wildman–Crippen LogP) is 3.08. The molecule has 0 fully saturated rings. The Morgan fingerprint density at radius 1 is 1.15 bits per heavy atom. The first-order valence-electron chi connectivity index (χ1n) is 7.25. The molecular weight excluding hydrogens is 270 g/mol. The van der Waals surface area contributed by atoms with Crippen molar-refractivity contribution in [2.45, 2.75) is 20.4 Å². The van der Waals surface area contributed by atoms with Crippen molar-refractivity contribution in [1.29, 1.82) is 0 Å². The zero-order chi connectivity index (χ0) is 15.1. The van der Waals surface area contributed by atoms with Gasteiger partial charge in [0.05, 0.1) is 0 Å². The number of rotatable bonds is 8. The van der Waals surface area contributed by atoms with Gasteiger partial charge in [0, 0.05) is 37.4 Å². The van der Waals surface area contributed by atoms with Gasteiger partial charge in [0.2, 0.25) is 0 Å². The highest BCUT2D eigenvalue weighted by atomic mass is 35.5. The molecule has 0 aliphatic heterocycles. The molecule has 4 heteroatoms.